The number of rotatable bonds is 4. The average molecular weight is 224 g/mol. The Bertz CT molecular complexity index is 355. The summed E-state index contributed by atoms with van der Waals surface area (Å²) in [5, 5.41) is 11.6. The average Bonchev–Trinajstić information content (AvgIpc) is 3.10. The summed E-state index contributed by atoms with van der Waals surface area (Å²) in [7, 11) is 0. The highest BCUT2D eigenvalue weighted by Crippen LogP contribution is 2.61. The van der Waals surface area contributed by atoms with E-state index >= 15 is 0 Å². The van der Waals surface area contributed by atoms with Gasteiger partial charge in [0.05, 0.1) is 0 Å². The molecule has 1 aromatic rings. The van der Waals surface area contributed by atoms with Crippen LogP contribution in [0.25, 0.3) is 0 Å². The molecule has 3 nitrogen and oxygen atoms in total. The fraction of sp³-hybridized carbons (Fsp3) is 0.636. The zero-order valence-corrected chi connectivity index (χ0v) is 9.30. The van der Waals surface area contributed by atoms with Crippen molar-refractivity contribution < 1.29 is 0 Å². The normalized spacial score (nSPS) is 22.5. The SMILES string of the molecule is Clc1ccc(NCC2(C3CC3)CC2)nn1. The summed E-state index contributed by atoms with van der Waals surface area (Å²) in [4.78, 5) is 0. The van der Waals surface area contributed by atoms with Crippen LogP contribution >= 0.6 is 11.6 Å². The van der Waals surface area contributed by atoms with Crippen LogP contribution in [0.4, 0.5) is 5.82 Å². The minimum Gasteiger partial charge on any atom is -0.368 e. The molecule has 4 heteroatoms. The van der Waals surface area contributed by atoms with Crippen molar-refractivity contribution in [3.8, 4) is 0 Å². The molecule has 3 rings (SSSR count). The van der Waals surface area contributed by atoms with Crippen LogP contribution in [0.15, 0.2) is 12.1 Å². The third kappa shape index (κ3) is 1.93. The number of hydrogen-bond acceptors (Lipinski definition) is 3. The minimum atomic E-state index is 0.448. The van der Waals surface area contributed by atoms with E-state index in [1.165, 1.54) is 25.7 Å². The van der Waals surface area contributed by atoms with Gasteiger partial charge in [0.15, 0.2) is 5.15 Å². The predicted molar refractivity (Wildman–Crippen MR) is 59.9 cm³/mol. The Labute approximate surface area is 94.2 Å². The summed E-state index contributed by atoms with van der Waals surface area (Å²) in [6.45, 7) is 1.05. The number of anilines is 1. The number of halogens is 1. The minimum absolute atomic E-state index is 0.448. The molecule has 2 saturated carbocycles. The van der Waals surface area contributed by atoms with Crippen LogP contribution in [-0.2, 0) is 0 Å². The van der Waals surface area contributed by atoms with Crippen LogP contribution in [0.5, 0.6) is 0 Å². The third-order valence-electron chi connectivity index (χ3n) is 3.59. The van der Waals surface area contributed by atoms with Gasteiger partial charge in [-0.3, -0.25) is 0 Å². The zero-order valence-electron chi connectivity index (χ0n) is 8.54. The number of hydrogen-bond donors (Lipinski definition) is 1. The lowest BCUT2D eigenvalue weighted by Gasteiger charge is -2.14. The highest BCUT2D eigenvalue weighted by atomic mass is 35.5. The van der Waals surface area contributed by atoms with E-state index in [1.54, 1.807) is 6.07 Å². The highest BCUT2D eigenvalue weighted by Gasteiger charge is 2.53. The molecule has 0 bridgehead atoms. The maximum Gasteiger partial charge on any atom is 0.151 e. The number of aromatic nitrogens is 2. The molecule has 1 N–H and O–H groups in total. The van der Waals surface area contributed by atoms with Crippen LogP contribution < -0.4 is 5.32 Å². The van der Waals surface area contributed by atoms with Crippen molar-refractivity contribution in [2.24, 2.45) is 11.3 Å². The van der Waals surface area contributed by atoms with Gasteiger partial charge in [-0.1, -0.05) is 11.6 Å². The number of nitrogens with zero attached hydrogens (tertiary/aromatic N) is 2. The van der Waals surface area contributed by atoms with Gasteiger partial charge in [0.1, 0.15) is 5.82 Å². The molecule has 1 heterocycles. The first kappa shape index (κ1) is 9.40. The summed E-state index contributed by atoms with van der Waals surface area (Å²) < 4.78 is 0. The van der Waals surface area contributed by atoms with Gasteiger partial charge in [0, 0.05) is 6.54 Å². The van der Waals surface area contributed by atoms with Gasteiger partial charge in [-0.2, -0.15) is 0 Å². The van der Waals surface area contributed by atoms with Gasteiger partial charge >= 0.3 is 0 Å². The summed E-state index contributed by atoms with van der Waals surface area (Å²) in [6.07, 6.45) is 5.61. The van der Waals surface area contributed by atoms with E-state index < -0.39 is 0 Å². The van der Waals surface area contributed by atoms with E-state index in [0.29, 0.717) is 10.6 Å². The van der Waals surface area contributed by atoms with Gasteiger partial charge in [-0.15, -0.1) is 10.2 Å². The second-order valence-electron chi connectivity index (χ2n) is 4.73. The Morgan fingerprint density at radius 2 is 2.13 bits per heavy atom. The molecule has 0 amide bonds. The lowest BCUT2D eigenvalue weighted by atomic mass is 10.0. The van der Waals surface area contributed by atoms with Crippen molar-refractivity contribution in [2.75, 3.05) is 11.9 Å². The largest absolute Gasteiger partial charge is 0.368 e. The second-order valence-corrected chi connectivity index (χ2v) is 5.12. The quantitative estimate of drug-likeness (QED) is 0.853. The molecule has 0 aliphatic heterocycles. The third-order valence-corrected chi connectivity index (χ3v) is 3.79. The first-order valence-electron chi connectivity index (χ1n) is 5.52. The molecule has 2 aliphatic carbocycles. The monoisotopic (exact) mass is 223 g/mol. The van der Waals surface area contributed by atoms with Crippen molar-refractivity contribution in [2.45, 2.75) is 25.7 Å². The summed E-state index contributed by atoms with van der Waals surface area (Å²) in [6, 6.07) is 3.66. The first-order chi connectivity index (χ1) is 7.28. The molecular formula is C11H14ClN3. The van der Waals surface area contributed by atoms with Crippen molar-refractivity contribution in [1.29, 1.82) is 0 Å². The van der Waals surface area contributed by atoms with E-state index in [9.17, 15) is 0 Å². The molecule has 15 heavy (non-hydrogen) atoms. The molecular weight excluding hydrogens is 210 g/mol. The molecule has 0 aromatic carbocycles. The summed E-state index contributed by atoms with van der Waals surface area (Å²) >= 11 is 5.67. The topological polar surface area (TPSA) is 37.8 Å². The lowest BCUT2D eigenvalue weighted by Crippen LogP contribution is -2.18. The summed E-state index contributed by atoms with van der Waals surface area (Å²) in [5.41, 5.74) is 0.599. The Morgan fingerprint density at radius 3 is 2.67 bits per heavy atom. The standard InChI is InChI=1S/C11H14ClN3/c12-9-3-4-10(15-14-9)13-7-11(5-6-11)8-1-2-8/h3-4,8H,1-2,5-7H2,(H,13,15). The molecule has 2 fully saturated rings. The van der Waals surface area contributed by atoms with Gasteiger partial charge in [-0.25, -0.2) is 0 Å². The molecule has 0 spiro atoms. The highest BCUT2D eigenvalue weighted by molar-refractivity contribution is 6.29. The predicted octanol–water partition coefficient (Wildman–Crippen LogP) is 2.73. The Kier molecular flexibility index (Phi) is 2.09. The van der Waals surface area contributed by atoms with E-state index in [1.807, 2.05) is 6.07 Å². The molecule has 0 unspecified atom stereocenters. The van der Waals surface area contributed by atoms with Crippen molar-refractivity contribution in [3.63, 3.8) is 0 Å². The van der Waals surface area contributed by atoms with E-state index in [4.69, 9.17) is 11.6 Å². The van der Waals surface area contributed by atoms with Crippen LogP contribution in [0, 0.1) is 11.3 Å². The Balaban J connectivity index is 1.59. The van der Waals surface area contributed by atoms with Gasteiger partial charge in [0.25, 0.3) is 0 Å². The van der Waals surface area contributed by atoms with E-state index in [2.05, 4.69) is 15.5 Å². The Morgan fingerprint density at radius 1 is 1.33 bits per heavy atom. The first-order valence-corrected chi connectivity index (χ1v) is 5.89. The molecule has 2 aliphatic rings. The maximum atomic E-state index is 5.67. The molecule has 1 aromatic heterocycles. The molecule has 80 valence electrons. The Hall–Kier alpha value is -0.830. The van der Waals surface area contributed by atoms with Crippen molar-refractivity contribution in [1.82, 2.24) is 10.2 Å². The maximum absolute atomic E-state index is 5.67. The van der Waals surface area contributed by atoms with Gasteiger partial charge in [-0.05, 0) is 49.1 Å². The van der Waals surface area contributed by atoms with Crippen LogP contribution in [-0.4, -0.2) is 16.7 Å². The van der Waals surface area contributed by atoms with Crippen LogP contribution in [0.2, 0.25) is 5.15 Å². The smallest absolute Gasteiger partial charge is 0.151 e. The van der Waals surface area contributed by atoms with Gasteiger partial charge in [0.2, 0.25) is 0 Å². The van der Waals surface area contributed by atoms with E-state index in [-0.39, 0.29) is 0 Å². The zero-order chi connectivity index (χ0) is 10.3. The van der Waals surface area contributed by atoms with Crippen LogP contribution in [0.3, 0.4) is 0 Å². The fourth-order valence-electron chi connectivity index (χ4n) is 2.26. The van der Waals surface area contributed by atoms with Gasteiger partial charge < -0.3 is 5.32 Å². The fourth-order valence-corrected chi connectivity index (χ4v) is 2.36. The molecule has 0 saturated heterocycles. The van der Waals surface area contributed by atoms with Crippen molar-refractivity contribution in [3.05, 3.63) is 17.3 Å². The molecule has 0 atom stereocenters. The summed E-state index contributed by atoms with van der Waals surface area (Å²) in [5.74, 6) is 1.82. The van der Waals surface area contributed by atoms with Crippen LogP contribution in [0.1, 0.15) is 25.7 Å². The van der Waals surface area contributed by atoms with E-state index in [0.717, 1.165) is 18.3 Å². The number of nitrogens with one attached hydrogen (secondary N) is 1. The molecule has 0 radical (unpaired) electrons. The second kappa shape index (κ2) is 3.34. The lowest BCUT2D eigenvalue weighted by molar-refractivity contribution is 0.466. The van der Waals surface area contributed by atoms with Crippen molar-refractivity contribution >= 4 is 17.4 Å².